The van der Waals surface area contributed by atoms with E-state index in [0.29, 0.717) is 18.4 Å². The molecule has 1 atom stereocenters. The van der Waals surface area contributed by atoms with Crippen molar-refractivity contribution in [1.29, 1.82) is 0 Å². The van der Waals surface area contributed by atoms with Crippen LogP contribution >= 0.6 is 0 Å². The molecule has 0 fully saturated rings. The third kappa shape index (κ3) is 4.12. The number of benzene rings is 3. The number of phenols is 1. The number of quaternary nitrogens is 1. The molecule has 4 rings (SSSR count). The average molecular weight is 376 g/mol. The van der Waals surface area contributed by atoms with E-state index in [9.17, 15) is 5.11 Å². The lowest BCUT2D eigenvalue weighted by Gasteiger charge is -2.25. The number of phenolic OH excluding ortho intramolecular Hbond substituents is 1. The third-order valence-corrected chi connectivity index (χ3v) is 5.33. The van der Waals surface area contributed by atoms with Gasteiger partial charge in [-0.25, -0.2) is 0 Å². The van der Waals surface area contributed by atoms with Gasteiger partial charge in [0.25, 0.3) is 0 Å². The zero-order valence-corrected chi connectivity index (χ0v) is 16.1. The number of methoxy groups -OCH3 is 1. The van der Waals surface area contributed by atoms with E-state index in [1.54, 1.807) is 7.11 Å². The van der Waals surface area contributed by atoms with Crippen molar-refractivity contribution in [3.63, 3.8) is 0 Å². The molecule has 0 aromatic heterocycles. The van der Waals surface area contributed by atoms with Crippen molar-refractivity contribution in [2.24, 2.45) is 0 Å². The molecule has 3 aromatic rings. The van der Waals surface area contributed by atoms with Crippen LogP contribution in [0.25, 0.3) is 0 Å². The quantitative estimate of drug-likeness (QED) is 0.693. The Hall–Kier alpha value is -2.98. The number of fused-ring (bicyclic) bond motifs is 1. The molecule has 3 aromatic carbocycles. The summed E-state index contributed by atoms with van der Waals surface area (Å²) < 4.78 is 11.1. The molecule has 28 heavy (non-hydrogen) atoms. The Morgan fingerprint density at radius 3 is 2.54 bits per heavy atom. The van der Waals surface area contributed by atoms with Gasteiger partial charge in [-0.1, -0.05) is 42.5 Å². The SMILES string of the molecule is COc1cc2c(cc1O)[C@H](Cc1ccc(OCc3ccccc3)cc1)[NH2+]CC2. The molecule has 1 aliphatic rings. The second-order valence-corrected chi connectivity index (χ2v) is 7.23. The first-order chi connectivity index (χ1) is 13.7. The van der Waals surface area contributed by atoms with Gasteiger partial charge in [0.05, 0.1) is 13.7 Å². The zero-order valence-electron chi connectivity index (χ0n) is 16.1. The number of nitrogens with two attached hydrogens (primary N) is 1. The van der Waals surface area contributed by atoms with Gasteiger partial charge in [0, 0.05) is 18.4 Å². The topological polar surface area (TPSA) is 55.3 Å². The fraction of sp³-hybridized carbons (Fsp3) is 0.250. The minimum absolute atomic E-state index is 0.214. The molecule has 3 N–H and O–H groups in total. The first-order valence-corrected chi connectivity index (χ1v) is 9.71. The molecule has 0 aliphatic carbocycles. The molecular weight excluding hydrogens is 350 g/mol. The van der Waals surface area contributed by atoms with Crippen molar-refractivity contribution < 1.29 is 19.9 Å². The summed E-state index contributed by atoms with van der Waals surface area (Å²) in [6.45, 7) is 1.62. The first kappa shape index (κ1) is 18.4. The van der Waals surface area contributed by atoms with Crippen LogP contribution in [0.15, 0.2) is 66.7 Å². The Labute approximate surface area is 165 Å². The molecule has 0 saturated carbocycles. The molecule has 1 aliphatic heterocycles. The van der Waals surface area contributed by atoms with E-state index in [1.165, 1.54) is 16.7 Å². The lowest BCUT2D eigenvalue weighted by atomic mass is 9.90. The molecular formula is C24H26NO3+. The van der Waals surface area contributed by atoms with Crippen molar-refractivity contribution in [3.05, 3.63) is 89.0 Å². The predicted octanol–water partition coefficient (Wildman–Crippen LogP) is 3.38. The highest BCUT2D eigenvalue weighted by Gasteiger charge is 2.25. The largest absolute Gasteiger partial charge is 0.504 e. The number of rotatable bonds is 6. The Kier molecular flexibility index (Phi) is 5.49. The Morgan fingerprint density at radius 1 is 1.00 bits per heavy atom. The molecule has 0 saturated heterocycles. The van der Waals surface area contributed by atoms with Crippen LogP contribution in [0, 0.1) is 0 Å². The third-order valence-electron chi connectivity index (χ3n) is 5.33. The van der Waals surface area contributed by atoms with Gasteiger partial charge >= 0.3 is 0 Å². The van der Waals surface area contributed by atoms with Gasteiger partial charge in [-0.15, -0.1) is 0 Å². The summed E-state index contributed by atoms with van der Waals surface area (Å²) in [5, 5.41) is 12.5. The highest BCUT2D eigenvalue weighted by atomic mass is 16.5. The Morgan fingerprint density at radius 2 is 1.79 bits per heavy atom. The fourth-order valence-corrected chi connectivity index (χ4v) is 3.83. The van der Waals surface area contributed by atoms with Crippen molar-refractivity contribution in [2.45, 2.75) is 25.5 Å². The molecule has 144 valence electrons. The smallest absolute Gasteiger partial charge is 0.160 e. The molecule has 4 nitrogen and oxygen atoms in total. The van der Waals surface area contributed by atoms with Crippen molar-refractivity contribution in [2.75, 3.05) is 13.7 Å². The maximum absolute atomic E-state index is 10.2. The molecule has 1 heterocycles. The normalized spacial score (nSPS) is 15.7. The Balaban J connectivity index is 1.43. The second kappa shape index (κ2) is 8.36. The van der Waals surface area contributed by atoms with Crippen LogP contribution in [0.4, 0.5) is 0 Å². The summed E-state index contributed by atoms with van der Waals surface area (Å²) in [5.74, 6) is 1.65. The predicted molar refractivity (Wildman–Crippen MR) is 109 cm³/mol. The lowest BCUT2D eigenvalue weighted by molar-refractivity contribution is -0.698. The van der Waals surface area contributed by atoms with E-state index >= 15 is 0 Å². The van der Waals surface area contributed by atoms with Crippen molar-refractivity contribution in [3.8, 4) is 17.2 Å². The van der Waals surface area contributed by atoms with Crippen molar-refractivity contribution in [1.82, 2.24) is 0 Å². The molecule has 0 radical (unpaired) electrons. The Bertz CT molecular complexity index is 923. The van der Waals surface area contributed by atoms with E-state index in [-0.39, 0.29) is 5.75 Å². The fourth-order valence-electron chi connectivity index (χ4n) is 3.83. The van der Waals surface area contributed by atoms with Crippen LogP contribution in [0.1, 0.15) is 28.3 Å². The second-order valence-electron chi connectivity index (χ2n) is 7.23. The van der Waals surface area contributed by atoms with Gasteiger partial charge in [0.15, 0.2) is 11.5 Å². The van der Waals surface area contributed by atoms with Crippen LogP contribution in [0.2, 0.25) is 0 Å². The monoisotopic (exact) mass is 376 g/mol. The van der Waals surface area contributed by atoms with E-state index in [2.05, 4.69) is 29.6 Å². The highest BCUT2D eigenvalue weighted by Crippen LogP contribution is 2.33. The van der Waals surface area contributed by atoms with Crippen LogP contribution in [-0.2, 0) is 19.4 Å². The van der Waals surface area contributed by atoms with E-state index < -0.39 is 0 Å². The number of hydrogen-bond donors (Lipinski definition) is 2. The minimum Gasteiger partial charge on any atom is -0.504 e. The highest BCUT2D eigenvalue weighted by molar-refractivity contribution is 5.48. The van der Waals surface area contributed by atoms with Crippen LogP contribution < -0.4 is 14.8 Å². The summed E-state index contributed by atoms with van der Waals surface area (Å²) in [5.41, 5.74) is 4.89. The van der Waals surface area contributed by atoms with Gasteiger partial charge in [-0.2, -0.15) is 0 Å². The average Bonchev–Trinajstić information content (AvgIpc) is 2.74. The van der Waals surface area contributed by atoms with Crippen LogP contribution in [-0.4, -0.2) is 18.8 Å². The molecule has 0 spiro atoms. The standard InChI is InChI=1S/C24H25NO3/c1-27-24-14-19-11-12-25-22(21(19)15-23(24)26)13-17-7-9-20(10-8-17)28-16-18-5-3-2-4-6-18/h2-10,14-15,22,25-26H,11-13,16H2,1H3/p+1/t22-/m0/s1. The molecule has 0 bridgehead atoms. The van der Waals surface area contributed by atoms with Gasteiger partial charge in [0.1, 0.15) is 18.4 Å². The lowest BCUT2D eigenvalue weighted by Crippen LogP contribution is -2.87. The minimum atomic E-state index is 0.214. The number of hydrogen-bond acceptors (Lipinski definition) is 3. The molecule has 0 unspecified atom stereocenters. The van der Waals surface area contributed by atoms with Crippen molar-refractivity contribution >= 4 is 0 Å². The maximum atomic E-state index is 10.2. The summed E-state index contributed by atoms with van der Waals surface area (Å²) >= 11 is 0. The summed E-state index contributed by atoms with van der Waals surface area (Å²) in [6.07, 6.45) is 1.91. The van der Waals surface area contributed by atoms with Crippen LogP contribution in [0.5, 0.6) is 17.2 Å². The van der Waals surface area contributed by atoms with E-state index in [0.717, 1.165) is 30.7 Å². The van der Waals surface area contributed by atoms with E-state index in [4.69, 9.17) is 9.47 Å². The summed E-state index contributed by atoms with van der Waals surface area (Å²) in [4.78, 5) is 0. The van der Waals surface area contributed by atoms with Gasteiger partial charge in [0.2, 0.25) is 0 Å². The zero-order chi connectivity index (χ0) is 19.3. The van der Waals surface area contributed by atoms with Crippen LogP contribution in [0.3, 0.4) is 0 Å². The van der Waals surface area contributed by atoms with Gasteiger partial charge in [-0.3, -0.25) is 0 Å². The van der Waals surface area contributed by atoms with Gasteiger partial charge in [-0.05, 0) is 41.0 Å². The summed E-state index contributed by atoms with van der Waals surface area (Å²) in [7, 11) is 1.59. The molecule has 0 amide bonds. The summed E-state index contributed by atoms with van der Waals surface area (Å²) in [6, 6.07) is 22.7. The maximum Gasteiger partial charge on any atom is 0.160 e. The number of ether oxygens (including phenoxy) is 2. The number of aromatic hydroxyl groups is 1. The molecule has 4 heteroatoms. The first-order valence-electron chi connectivity index (χ1n) is 9.71. The van der Waals surface area contributed by atoms with E-state index in [1.807, 2.05) is 42.5 Å². The van der Waals surface area contributed by atoms with Gasteiger partial charge < -0.3 is 19.9 Å².